The van der Waals surface area contributed by atoms with Gasteiger partial charge >= 0.3 is 0 Å². The Kier molecular flexibility index (Phi) is 5.31. The number of nitrogens with zero attached hydrogens (tertiary/aromatic N) is 4. The highest BCUT2D eigenvalue weighted by atomic mass is 16.3. The second-order valence-corrected chi connectivity index (χ2v) is 5.54. The Morgan fingerprint density at radius 2 is 2.05 bits per heavy atom. The lowest BCUT2D eigenvalue weighted by Crippen LogP contribution is -2.44. The van der Waals surface area contributed by atoms with Crippen molar-refractivity contribution in [3.8, 4) is 0 Å². The molecule has 1 aliphatic heterocycles. The predicted molar refractivity (Wildman–Crippen MR) is 81.1 cm³/mol. The molecule has 5 nitrogen and oxygen atoms in total. The van der Waals surface area contributed by atoms with Crippen molar-refractivity contribution < 1.29 is 5.11 Å². The van der Waals surface area contributed by atoms with Crippen LogP contribution in [0.2, 0.25) is 0 Å². The molecule has 0 aromatic carbocycles. The molecule has 1 aliphatic rings. The molecule has 0 unspecified atom stereocenters. The highest BCUT2D eigenvalue weighted by Crippen LogP contribution is 2.21. The Balaban J connectivity index is 1.98. The largest absolute Gasteiger partial charge is 0.395 e. The van der Waals surface area contributed by atoms with E-state index < -0.39 is 0 Å². The number of anilines is 1. The van der Waals surface area contributed by atoms with E-state index in [-0.39, 0.29) is 6.61 Å². The lowest BCUT2D eigenvalue weighted by Gasteiger charge is -2.37. The summed E-state index contributed by atoms with van der Waals surface area (Å²) in [6, 6.07) is 2.69. The van der Waals surface area contributed by atoms with Crippen LogP contribution in [-0.2, 0) is 6.42 Å². The summed E-state index contributed by atoms with van der Waals surface area (Å²) in [7, 11) is 2.10. The Morgan fingerprint density at radius 1 is 1.35 bits per heavy atom. The second-order valence-electron chi connectivity index (χ2n) is 5.54. The number of likely N-dealkylation sites (N-methyl/N-ethyl adjacent to an activating group) is 1. The van der Waals surface area contributed by atoms with Gasteiger partial charge in [-0.05, 0) is 33.2 Å². The third-order valence-electron chi connectivity index (χ3n) is 4.10. The first-order valence-electron chi connectivity index (χ1n) is 7.54. The molecule has 0 bridgehead atoms. The Bertz CT molecular complexity index is 430. The number of piperidine rings is 1. The summed E-state index contributed by atoms with van der Waals surface area (Å²) in [4.78, 5) is 13.6. The van der Waals surface area contributed by atoms with E-state index >= 15 is 0 Å². The zero-order valence-corrected chi connectivity index (χ0v) is 12.8. The van der Waals surface area contributed by atoms with Gasteiger partial charge in [0, 0.05) is 37.4 Å². The minimum absolute atomic E-state index is 0.238. The van der Waals surface area contributed by atoms with E-state index in [0.717, 1.165) is 56.2 Å². The minimum Gasteiger partial charge on any atom is -0.395 e. The van der Waals surface area contributed by atoms with Crippen LogP contribution in [0.4, 0.5) is 5.82 Å². The summed E-state index contributed by atoms with van der Waals surface area (Å²) >= 11 is 0. The standard InChI is InChI=1S/C15H26N4O/c1-4-13-11-15(17-12(2)16-13)19-7-5-14(6-8-19)18(3)9-10-20/h11,14,20H,4-10H2,1-3H3. The average molecular weight is 278 g/mol. The average Bonchev–Trinajstić information content (AvgIpc) is 2.47. The Hall–Kier alpha value is -1.20. The monoisotopic (exact) mass is 278 g/mol. The van der Waals surface area contributed by atoms with E-state index in [9.17, 15) is 0 Å². The summed E-state index contributed by atoms with van der Waals surface area (Å²) in [6.07, 6.45) is 3.20. The highest BCUT2D eigenvalue weighted by molar-refractivity contribution is 5.40. The maximum absolute atomic E-state index is 9.02. The van der Waals surface area contributed by atoms with Crippen LogP contribution in [0, 0.1) is 6.92 Å². The van der Waals surface area contributed by atoms with E-state index in [1.807, 2.05) is 6.92 Å². The van der Waals surface area contributed by atoms with Gasteiger partial charge in [-0.25, -0.2) is 9.97 Å². The van der Waals surface area contributed by atoms with Crippen molar-refractivity contribution in [3.05, 3.63) is 17.6 Å². The molecule has 1 saturated heterocycles. The van der Waals surface area contributed by atoms with Gasteiger partial charge in [0.2, 0.25) is 0 Å². The maximum Gasteiger partial charge on any atom is 0.132 e. The van der Waals surface area contributed by atoms with Crippen molar-refractivity contribution in [2.24, 2.45) is 0 Å². The normalized spacial score (nSPS) is 16.9. The highest BCUT2D eigenvalue weighted by Gasteiger charge is 2.23. The molecule has 1 N–H and O–H groups in total. The molecule has 5 heteroatoms. The van der Waals surface area contributed by atoms with Crippen molar-refractivity contribution in [2.75, 3.05) is 38.2 Å². The zero-order chi connectivity index (χ0) is 14.5. The molecule has 1 fully saturated rings. The number of aliphatic hydroxyl groups excluding tert-OH is 1. The second kappa shape index (κ2) is 6.99. The van der Waals surface area contributed by atoms with Gasteiger partial charge in [0.25, 0.3) is 0 Å². The van der Waals surface area contributed by atoms with Gasteiger partial charge in [-0.15, -0.1) is 0 Å². The zero-order valence-electron chi connectivity index (χ0n) is 12.8. The van der Waals surface area contributed by atoms with Gasteiger partial charge < -0.3 is 14.9 Å². The molecule has 0 aliphatic carbocycles. The van der Waals surface area contributed by atoms with Crippen LogP contribution in [0.5, 0.6) is 0 Å². The van der Waals surface area contributed by atoms with Crippen LogP contribution in [0.1, 0.15) is 31.3 Å². The van der Waals surface area contributed by atoms with E-state index in [2.05, 4.69) is 39.8 Å². The number of hydrogen-bond acceptors (Lipinski definition) is 5. The van der Waals surface area contributed by atoms with E-state index in [4.69, 9.17) is 5.11 Å². The number of rotatable bonds is 5. The molecule has 112 valence electrons. The Morgan fingerprint density at radius 3 is 2.65 bits per heavy atom. The van der Waals surface area contributed by atoms with Crippen molar-refractivity contribution in [1.82, 2.24) is 14.9 Å². The third kappa shape index (κ3) is 3.67. The van der Waals surface area contributed by atoms with Crippen LogP contribution in [0.15, 0.2) is 6.07 Å². The summed E-state index contributed by atoms with van der Waals surface area (Å²) < 4.78 is 0. The van der Waals surface area contributed by atoms with Crippen molar-refractivity contribution >= 4 is 5.82 Å². The van der Waals surface area contributed by atoms with Crippen LogP contribution < -0.4 is 4.90 Å². The van der Waals surface area contributed by atoms with Crippen LogP contribution in [-0.4, -0.2) is 59.3 Å². The molecule has 2 heterocycles. The first kappa shape index (κ1) is 15.2. The van der Waals surface area contributed by atoms with Gasteiger partial charge in [0.1, 0.15) is 11.6 Å². The lowest BCUT2D eigenvalue weighted by atomic mass is 10.0. The van der Waals surface area contributed by atoms with Crippen LogP contribution >= 0.6 is 0 Å². The van der Waals surface area contributed by atoms with Crippen LogP contribution in [0.25, 0.3) is 0 Å². The summed E-state index contributed by atoms with van der Waals surface area (Å²) in [5, 5.41) is 9.02. The van der Waals surface area contributed by atoms with Gasteiger partial charge in [-0.3, -0.25) is 0 Å². The maximum atomic E-state index is 9.02. The fourth-order valence-electron chi connectivity index (χ4n) is 2.83. The first-order chi connectivity index (χ1) is 9.63. The molecule has 1 aromatic rings. The van der Waals surface area contributed by atoms with Gasteiger partial charge in [-0.1, -0.05) is 6.92 Å². The SMILES string of the molecule is CCc1cc(N2CCC(N(C)CCO)CC2)nc(C)n1. The molecule has 0 atom stereocenters. The van der Waals surface area contributed by atoms with Gasteiger partial charge in [0.05, 0.1) is 6.61 Å². The van der Waals surface area contributed by atoms with Gasteiger partial charge in [-0.2, -0.15) is 0 Å². The predicted octanol–water partition coefficient (Wildman–Crippen LogP) is 1.24. The van der Waals surface area contributed by atoms with Crippen LogP contribution in [0.3, 0.4) is 0 Å². The quantitative estimate of drug-likeness (QED) is 0.878. The first-order valence-corrected chi connectivity index (χ1v) is 7.54. The van der Waals surface area contributed by atoms with Crippen molar-refractivity contribution in [1.29, 1.82) is 0 Å². The fourth-order valence-corrected chi connectivity index (χ4v) is 2.83. The van der Waals surface area contributed by atoms with E-state index in [1.165, 1.54) is 0 Å². The topological polar surface area (TPSA) is 52.5 Å². The molecule has 2 rings (SSSR count). The minimum atomic E-state index is 0.238. The van der Waals surface area contributed by atoms with Crippen molar-refractivity contribution in [3.63, 3.8) is 0 Å². The molecular formula is C15H26N4O. The molecule has 0 saturated carbocycles. The summed E-state index contributed by atoms with van der Waals surface area (Å²) in [5.74, 6) is 1.93. The Labute approximate surface area is 121 Å². The number of hydrogen-bond donors (Lipinski definition) is 1. The molecule has 0 radical (unpaired) electrons. The van der Waals surface area contributed by atoms with E-state index in [1.54, 1.807) is 0 Å². The number of aliphatic hydroxyl groups is 1. The van der Waals surface area contributed by atoms with Crippen molar-refractivity contribution in [2.45, 2.75) is 39.2 Å². The summed E-state index contributed by atoms with van der Waals surface area (Å²) in [5.41, 5.74) is 1.12. The molecule has 20 heavy (non-hydrogen) atoms. The molecular weight excluding hydrogens is 252 g/mol. The number of aromatic nitrogens is 2. The van der Waals surface area contributed by atoms with Gasteiger partial charge in [0.15, 0.2) is 0 Å². The molecule has 0 amide bonds. The lowest BCUT2D eigenvalue weighted by molar-refractivity contribution is 0.161. The van der Waals surface area contributed by atoms with E-state index in [0.29, 0.717) is 6.04 Å². The third-order valence-corrected chi connectivity index (χ3v) is 4.10. The smallest absolute Gasteiger partial charge is 0.132 e. The molecule has 0 spiro atoms. The summed E-state index contributed by atoms with van der Waals surface area (Å²) in [6.45, 7) is 7.14. The number of aryl methyl sites for hydroxylation is 2. The fraction of sp³-hybridized carbons (Fsp3) is 0.733. The molecule has 1 aromatic heterocycles.